The lowest BCUT2D eigenvalue weighted by molar-refractivity contribution is 0.0732. The van der Waals surface area contributed by atoms with Crippen molar-refractivity contribution in [2.75, 3.05) is 13.3 Å². The minimum absolute atomic E-state index is 0.0786. The minimum Gasteiger partial charge on any atom is -0.506 e. The highest BCUT2D eigenvalue weighted by molar-refractivity contribution is 7.99. The predicted molar refractivity (Wildman–Crippen MR) is 80.1 cm³/mol. The van der Waals surface area contributed by atoms with Crippen molar-refractivity contribution in [3.63, 3.8) is 0 Å². The van der Waals surface area contributed by atoms with Gasteiger partial charge in [-0.2, -0.15) is 11.8 Å². The van der Waals surface area contributed by atoms with Crippen molar-refractivity contribution in [1.82, 2.24) is 4.90 Å². The summed E-state index contributed by atoms with van der Waals surface area (Å²) in [6.45, 7) is 0. The smallest absolute Gasteiger partial charge is 0.257 e. The molecule has 1 amide bonds. The van der Waals surface area contributed by atoms with Crippen LogP contribution >= 0.6 is 23.4 Å². The Morgan fingerprint density at radius 1 is 1.50 bits per heavy atom. The van der Waals surface area contributed by atoms with Gasteiger partial charge in [0, 0.05) is 18.3 Å². The summed E-state index contributed by atoms with van der Waals surface area (Å²) in [7, 11) is 1.69. The predicted octanol–water partition coefficient (Wildman–Crippen LogP) is 3.54. The zero-order valence-electron chi connectivity index (χ0n) is 11.4. The number of carbonyl (C=O) groups excluding carboxylic acids is 1. The third-order valence-electron chi connectivity index (χ3n) is 3.82. The van der Waals surface area contributed by atoms with Gasteiger partial charge in [0.1, 0.15) is 11.6 Å². The van der Waals surface area contributed by atoms with E-state index in [2.05, 4.69) is 6.26 Å². The molecular formula is C14H17ClFNO2S. The minimum atomic E-state index is -0.627. The Morgan fingerprint density at radius 2 is 2.20 bits per heavy atom. The lowest BCUT2D eigenvalue weighted by Crippen LogP contribution is -2.35. The van der Waals surface area contributed by atoms with Gasteiger partial charge in [-0.25, -0.2) is 4.39 Å². The number of hydrogen-bond acceptors (Lipinski definition) is 3. The van der Waals surface area contributed by atoms with Crippen LogP contribution in [0.4, 0.5) is 4.39 Å². The van der Waals surface area contributed by atoms with Crippen molar-refractivity contribution in [3.8, 4) is 5.75 Å². The molecule has 1 fully saturated rings. The van der Waals surface area contributed by atoms with Gasteiger partial charge < -0.3 is 10.0 Å². The number of phenols is 1. The van der Waals surface area contributed by atoms with Crippen LogP contribution < -0.4 is 0 Å². The summed E-state index contributed by atoms with van der Waals surface area (Å²) < 4.78 is 13.4. The zero-order valence-corrected chi connectivity index (χ0v) is 13.0. The topological polar surface area (TPSA) is 40.5 Å². The number of carbonyl (C=O) groups is 1. The number of phenolic OH excluding ortho intramolecular Hbond substituents is 1. The van der Waals surface area contributed by atoms with E-state index in [-0.39, 0.29) is 22.4 Å². The Morgan fingerprint density at radius 3 is 2.80 bits per heavy atom. The Kier molecular flexibility index (Phi) is 4.81. The molecule has 1 N–H and O–H groups in total. The van der Waals surface area contributed by atoms with E-state index >= 15 is 0 Å². The molecule has 0 heterocycles. The largest absolute Gasteiger partial charge is 0.506 e. The van der Waals surface area contributed by atoms with Crippen molar-refractivity contribution in [2.24, 2.45) is 0 Å². The standard InChI is InChI=1S/C14H17ClFNO2S/c1-17(9-3-4-10(7-9)20-2)14(19)11-5-8(16)6-12(15)13(11)18/h5-6,9-10,18H,3-4,7H2,1-2H3/t9-,10-/m0/s1. The molecule has 0 bridgehead atoms. The van der Waals surface area contributed by atoms with Crippen LogP contribution in [0, 0.1) is 5.82 Å². The molecule has 0 aliphatic heterocycles. The first-order chi connectivity index (χ1) is 9.43. The van der Waals surface area contributed by atoms with Crippen LogP contribution in [0.2, 0.25) is 5.02 Å². The number of hydrogen-bond donors (Lipinski definition) is 1. The molecule has 0 spiro atoms. The monoisotopic (exact) mass is 317 g/mol. The van der Waals surface area contributed by atoms with Crippen LogP contribution in [0.25, 0.3) is 0 Å². The van der Waals surface area contributed by atoms with Crippen molar-refractivity contribution >= 4 is 29.3 Å². The Hall–Kier alpha value is -0.940. The Bertz CT molecular complexity index is 526. The molecule has 1 aliphatic rings. The molecule has 2 atom stereocenters. The molecule has 2 rings (SSSR count). The van der Waals surface area contributed by atoms with Crippen LogP contribution in [0.5, 0.6) is 5.75 Å². The molecule has 1 saturated carbocycles. The first-order valence-corrected chi connectivity index (χ1v) is 8.08. The van der Waals surface area contributed by atoms with E-state index in [4.69, 9.17) is 11.6 Å². The van der Waals surface area contributed by atoms with Crippen LogP contribution in [-0.2, 0) is 0 Å². The molecule has 6 heteroatoms. The second kappa shape index (κ2) is 6.22. The summed E-state index contributed by atoms with van der Waals surface area (Å²) in [5.74, 6) is -1.38. The molecule has 0 unspecified atom stereocenters. The highest BCUT2D eigenvalue weighted by Crippen LogP contribution is 2.34. The van der Waals surface area contributed by atoms with E-state index in [1.54, 1.807) is 23.7 Å². The van der Waals surface area contributed by atoms with Crippen LogP contribution in [0.3, 0.4) is 0 Å². The molecule has 1 aliphatic carbocycles. The molecule has 1 aromatic carbocycles. The van der Waals surface area contributed by atoms with E-state index < -0.39 is 11.7 Å². The summed E-state index contributed by atoms with van der Waals surface area (Å²) in [4.78, 5) is 14.0. The quantitative estimate of drug-likeness (QED) is 0.927. The summed E-state index contributed by atoms with van der Waals surface area (Å²) in [5, 5.41) is 10.2. The van der Waals surface area contributed by atoms with E-state index in [0.717, 1.165) is 31.4 Å². The fourth-order valence-corrected chi connectivity index (χ4v) is 3.56. The van der Waals surface area contributed by atoms with Crippen molar-refractivity contribution < 1.29 is 14.3 Å². The molecule has 0 aromatic heterocycles. The number of rotatable bonds is 3. The van der Waals surface area contributed by atoms with Gasteiger partial charge in [-0.1, -0.05) is 11.6 Å². The van der Waals surface area contributed by atoms with Crippen molar-refractivity contribution in [3.05, 3.63) is 28.5 Å². The van der Waals surface area contributed by atoms with Gasteiger partial charge in [-0.3, -0.25) is 4.79 Å². The van der Waals surface area contributed by atoms with Crippen LogP contribution in [0.15, 0.2) is 12.1 Å². The van der Waals surface area contributed by atoms with Gasteiger partial charge in [-0.05, 0) is 37.7 Å². The Labute approximate surface area is 127 Å². The third-order valence-corrected chi connectivity index (χ3v) is 5.20. The highest BCUT2D eigenvalue weighted by Gasteiger charge is 2.31. The number of aromatic hydroxyl groups is 1. The first kappa shape index (κ1) is 15.4. The number of nitrogens with zero attached hydrogens (tertiary/aromatic N) is 1. The SMILES string of the molecule is CS[C@H]1CC[C@H](N(C)C(=O)c2cc(F)cc(Cl)c2O)C1. The molecule has 1 aromatic rings. The maximum absolute atomic E-state index is 13.4. The maximum Gasteiger partial charge on any atom is 0.257 e. The van der Waals surface area contributed by atoms with Gasteiger partial charge in [0.15, 0.2) is 0 Å². The average Bonchev–Trinajstić information content (AvgIpc) is 2.90. The molecule has 0 saturated heterocycles. The van der Waals surface area contributed by atoms with E-state index in [9.17, 15) is 14.3 Å². The van der Waals surface area contributed by atoms with Crippen molar-refractivity contribution in [1.29, 1.82) is 0 Å². The van der Waals surface area contributed by atoms with Gasteiger partial charge >= 0.3 is 0 Å². The zero-order chi connectivity index (χ0) is 14.9. The van der Waals surface area contributed by atoms with Gasteiger partial charge in [0.2, 0.25) is 0 Å². The number of thioether (sulfide) groups is 1. The maximum atomic E-state index is 13.4. The van der Waals surface area contributed by atoms with Crippen LogP contribution in [0.1, 0.15) is 29.6 Å². The van der Waals surface area contributed by atoms with Gasteiger partial charge in [0.05, 0.1) is 10.6 Å². The fraction of sp³-hybridized carbons (Fsp3) is 0.500. The molecule has 110 valence electrons. The fourth-order valence-electron chi connectivity index (χ4n) is 2.57. The summed E-state index contributed by atoms with van der Waals surface area (Å²) in [6, 6.07) is 2.15. The van der Waals surface area contributed by atoms with Crippen molar-refractivity contribution in [2.45, 2.75) is 30.6 Å². The Balaban J connectivity index is 2.19. The number of amides is 1. The highest BCUT2D eigenvalue weighted by atomic mass is 35.5. The molecule has 20 heavy (non-hydrogen) atoms. The second-order valence-corrected chi connectivity index (χ2v) is 6.57. The molecular weight excluding hydrogens is 301 g/mol. The average molecular weight is 318 g/mol. The van der Waals surface area contributed by atoms with E-state index in [1.807, 2.05) is 0 Å². The van der Waals surface area contributed by atoms with E-state index in [0.29, 0.717) is 5.25 Å². The second-order valence-electron chi connectivity index (χ2n) is 5.02. The summed E-state index contributed by atoms with van der Waals surface area (Å²) in [5.41, 5.74) is -0.0786. The van der Waals surface area contributed by atoms with E-state index in [1.165, 1.54) is 0 Å². The summed E-state index contributed by atoms with van der Waals surface area (Å²) in [6.07, 6.45) is 4.98. The lowest BCUT2D eigenvalue weighted by atomic mass is 10.1. The molecule has 0 radical (unpaired) electrons. The normalized spacial score (nSPS) is 22.0. The van der Waals surface area contributed by atoms with Gasteiger partial charge in [0.25, 0.3) is 5.91 Å². The lowest BCUT2D eigenvalue weighted by Gasteiger charge is -2.25. The summed E-state index contributed by atoms with van der Waals surface area (Å²) >= 11 is 7.51. The van der Waals surface area contributed by atoms with Gasteiger partial charge in [-0.15, -0.1) is 0 Å². The molecule has 3 nitrogen and oxygen atoms in total. The number of benzene rings is 1. The first-order valence-electron chi connectivity index (χ1n) is 6.42. The number of halogens is 2. The van der Waals surface area contributed by atoms with Crippen LogP contribution in [-0.4, -0.2) is 40.5 Å². The third kappa shape index (κ3) is 3.04.